The second-order valence-electron chi connectivity index (χ2n) is 6.14. The van der Waals surface area contributed by atoms with Crippen molar-refractivity contribution in [3.63, 3.8) is 0 Å². The lowest BCUT2D eigenvalue weighted by Crippen LogP contribution is -2.13. The number of carbonyl (C=O) groups is 1. The van der Waals surface area contributed by atoms with Crippen LogP contribution >= 0.6 is 0 Å². The zero-order chi connectivity index (χ0) is 19.5. The van der Waals surface area contributed by atoms with Gasteiger partial charge in [-0.2, -0.15) is 5.10 Å². The molecule has 4 N–H and O–H groups in total. The highest BCUT2D eigenvalue weighted by Crippen LogP contribution is 2.25. The normalized spacial score (nSPS) is 11.2. The summed E-state index contributed by atoms with van der Waals surface area (Å²) in [6.45, 7) is 0. The Bertz CT molecular complexity index is 1180. The van der Waals surface area contributed by atoms with Gasteiger partial charge in [0.05, 0.1) is 22.5 Å². The standard InChI is InChI=1S/C21H16FN5O/c22-18-8-5-14(11-17(18)21(23)28)25-15-4-7-16-19(26-27-20(16)12-15)9-6-13-3-1-2-10-24-13/h1-12,25H,(H2,23,28)(H,26,27). The Balaban J connectivity index is 1.59. The molecule has 0 saturated carbocycles. The van der Waals surface area contributed by atoms with E-state index in [9.17, 15) is 9.18 Å². The van der Waals surface area contributed by atoms with Crippen LogP contribution in [-0.4, -0.2) is 21.1 Å². The van der Waals surface area contributed by atoms with Gasteiger partial charge < -0.3 is 11.1 Å². The first-order valence-corrected chi connectivity index (χ1v) is 8.54. The van der Waals surface area contributed by atoms with Gasteiger partial charge in [-0.1, -0.05) is 6.07 Å². The summed E-state index contributed by atoms with van der Waals surface area (Å²) in [7, 11) is 0. The lowest BCUT2D eigenvalue weighted by Gasteiger charge is -2.08. The highest BCUT2D eigenvalue weighted by molar-refractivity contribution is 5.95. The monoisotopic (exact) mass is 373 g/mol. The van der Waals surface area contributed by atoms with Gasteiger partial charge in [0, 0.05) is 23.0 Å². The molecule has 4 aromatic rings. The van der Waals surface area contributed by atoms with Crippen molar-refractivity contribution in [2.45, 2.75) is 0 Å². The molecule has 138 valence electrons. The minimum atomic E-state index is -0.811. The lowest BCUT2D eigenvalue weighted by atomic mass is 10.1. The van der Waals surface area contributed by atoms with Crippen LogP contribution in [0.2, 0.25) is 0 Å². The molecule has 0 aliphatic carbocycles. The summed E-state index contributed by atoms with van der Waals surface area (Å²) in [6.07, 6.45) is 5.53. The second-order valence-corrected chi connectivity index (χ2v) is 6.14. The van der Waals surface area contributed by atoms with E-state index in [1.807, 2.05) is 48.6 Å². The molecule has 0 aliphatic rings. The minimum absolute atomic E-state index is 0.158. The molecule has 4 rings (SSSR count). The number of hydrogen-bond acceptors (Lipinski definition) is 4. The van der Waals surface area contributed by atoms with Crippen molar-refractivity contribution in [3.05, 3.63) is 83.6 Å². The van der Waals surface area contributed by atoms with E-state index in [1.165, 1.54) is 12.1 Å². The summed E-state index contributed by atoms with van der Waals surface area (Å²) < 4.78 is 13.6. The fourth-order valence-electron chi connectivity index (χ4n) is 2.84. The minimum Gasteiger partial charge on any atom is -0.366 e. The SMILES string of the molecule is NC(=O)c1cc(Nc2ccc3c(C=Cc4ccccn4)n[nH]c3c2)ccc1F. The van der Waals surface area contributed by atoms with Crippen molar-refractivity contribution >= 4 is 40.3 Å². The third-order valence-corrected chi connectivity index (χ3v) is 4.21. The molecule has 28 heavy (non-hydrogen) atoms. The number of H-pyrrole nitrogens is 1. The van der Waals surface area contributed by atoms with E-state index >= 15 is 0 Å². The second kappa shape index (κ2) is 7.32. The van der Waals surface area contributed by atoms with Crippen molar-refractivity contribution in [2.24, 2.45) is 5.73 Å². The Kier molecular flexibility index (Phi) is 4.55. The van der Waals surface area contributed by atoms with E-state index in [4.69, 9.17) is 5.73 Å². The molecule has 2 aromatic carbocycles. The van der Waals surface area contributed by atoms with E-state index in [1.54, 1.807) is 12.3 Å². The number of rotatable bonds is 5. The number of nitrogens with two attached hydrogens (primary N) is 1. The predicted octanol–water partition coefficient (Wildman–Crippen LogP) is 4.11. The third kappa shape index (κ3) is 3.59. The molecule has 7 heteroatoms. The number of carbonyl (C=O) groups excluding carboxylic acids is 1. The predicted molar refractivity (Wildman–Crippen MR) is 107 cm³/mol. The number of halogens is 1. The van der Waals surface area contributed by atoms with Gasteiger partial charge in [0.2, 0.25) is 0 Å². The van der Waals surface area contributed by atoms with Crippen molar-refractivity contribution in [1.82, 2.24) is 15.2 Å². The summed E-state index contributed by atoms with van der Waals surface area (Å²) in [5, 5.41) is 11.4. The van der Waals surface area contributed by atoms with Gasteiger partial charge >= 0.3 is 0 Å². The van der Waals surface area contributed by atoms with E-state index < -0.39 is 11.7 Å². The van der Waals surface area contributed by atoms with Crippen LogP contribution in [0, 0.1) is 5.82 Å². The maximum atomic E-state index is 13.6. The van der Waals surface area contributed by atoms with Gasteiger partial charge in [-0.15, -0.1) is 0 Å². The molecule has 0 bridgehead atoms. The zero-order valence-electron chi connectivity index (χ0n) is 14.7. The number of fused-ring (bicyclic) bond motifs is 1. The number of benzene rings is 2. The van der Waals surface area contributed by atoms with Crippen LogP contribution in [0.3, 0.4) is 0 Å². The van der Waals surface area contributed by atoms with Crippen LogP contribution in [0.1, 0.15) is 21.7 Å². The van der Waals surface area contributed by atoms with Gasteiger partial charge in [0.15, 0.2) is 0 Å². The molecule has 2 aromatic heterocycles. The number of nitrogens with zero attached hydrogens (tertiary/aromatic N) is 2. The molecule has 0 aliphatic heterocycles. The molecule has 0 unspecified atom stereocenters. The number of amides is 1. The first-order valence-electron chi connectivity index (χ1n) is 8.54. The van der Waals surface area contributed by atoms with Crippen molar-refractivity contribution in [1.29, 1.82) is 0 Å². The maximum absolute atomic E-state index is 13.6. The Morgan fingerprint density at radius 2 is 1.89 bits per heavy atom. The third-order valence-electron chi connectivity index (χ3n) is 4.21. The molecular formula is C21H16FN5O. The van der Waals surface area contributed by atoms with Gasteiger partial charge in [0.25, 0.3) is 5.91 Å². The zero-order valence-corrected chi connectivity index (χ0v) is 14.7. The van der Waals surface area contributed by atoms with E-state index in [0.29, 0.717) is 5.69 Å². The smallest absolute Gasteiger partial charge is 0.251 e. The van der Waals surface area contributed by atoms with E-state index in [0.717, 1.165) is 28.0 Å². The molecule has 0 radical (unpaired) electrons. The molecule has 0 spiro atoms. The number of primary amides is 1. The van der Waals surface area contributed by atoms with Crippen molar-refractivity contribution in [2.75, 3.05) is 5.32 Å². The largest absolute Gasteiger partial charge is 0.366 e. The van der Waals surface area contributed by atoms with E-state index in [-0.39, 0.29) is 5.56 Å². The van der Waals surface area contributed by atoms with Crippen LogP contribution in [0.15, 0.2) is 60.8 Å². The molecule has 0 atom stereocenters. The van der Waals surface area contributed by atoms with Crippen LogP contribution in [0.5, 0.6) is 0 Å². The first-order chi connectivity index (χ1) is 13.6. The number of nitrogens with one attached hydrogen (secondary N) is 2. The number of aromatic amines is 1. The lowest BCUT2D eigenvalue weighted by molar-refractivity contribution is 0.0996. The van der Waals surface area contributed by atoms with Gasteiger partial charge in [0.1, 0.15) is 5.82 Å². The van der Waals surface area contributed by atoms with Crippen LogP contribution in [0.25, 0.3) is 23.1 Å². The Hall–Kier alpha value is -4.00. The van der Waals surface area contributed by atoms with Crippen LogP contribution < -0.4 is 11.1 Å². The average molecular weight is 373 g/mol. The summed E-state index contributed by atoms with van der Waals surface area (Å²) in [5.74, 6) is -1.46. The quantitative estimate of drug-likeness (QED) is 0.490. The van der Waals surface area contributed by atoms with Gasteiger partial charge in [-0.25, -0.2) is 4.39 Å². The number of anilines is 2. The summed E-state index contributed by atoms with van der Waals surface area (Å²) in [6, 6.07) is 15.5. The Morgan fingerprint density at radius 3 is 2.68 bits per heavy atom. The average Bonchev–Trinajstić information content (AvgIpc) is 3.11. The summed E-state index contributed by atoms with van der Waals surface area (Å²) >= 11 is 0. The molecule has 0 fully saturated rings. The fourth-order valence-corrected chi connectivity index (χ4v) is 2.84. The number of pyridine rings is 1. The topological polar surface area (TPSA) is 96.7 Å². The first kappa shape index (κ1) is 17.4. The maximum Gasteiger partial charge on any atom is 0.251 e. The fraction of sp³-hybridized carbons (Fsp3) is 0. The molecule has 1 amide bonds. The van der Waals surface area contributed by atoms with Crippen molar-refractivity contribution < 1.29 is 9.18 Å². The summed E-state index contributed by atoms with van der Waals surface area (Å²) in [4.78, 5) is 15.5. The Labute approximate surface area is 159 Å². The van der Waals surface area contributed by atoms with Crippen molar-refractivity contribution in [3.8, 4) is 0 Å². The van der Waals surface area contributed by atoms with Gasteiger partial charge in [-0.05, 0) is 60.7 Å². The molecule has 2 heterocycles. The van der Waals surface area contributed by atoms with Crippen LogP contribution in [-0.2, 0) is 0 Å². The highest BCUT2D eigenvalue weighted by atomic mass is 19.1. The number of hydrogen-bond donors (Lipinski definition) is 3. The van der Waals surface area contributed by atoms with E-state index in [2.05, 4.69) is 20.5 Å². The van der Waals surface area contributed by atoms with Gasteiger partial charge in [-0.3, -0.25) is 14.9 Å². The highest BCUT2D eigenvalue weighted by Gasteiger charge is 2.10. The van der Waals surface area contributed by atoms with Crippen LogP contribution in [0.4, 0.5) is 15.8 Å². The summed E-state index contributed by atoms with van der Waals surface area (Å²) in [5.41, 5.74) is 8.84. The molecular weight excluding hydrogens is 357 g/mol. The molecule has 0 saturated heterocycles. The number of aromatic nitrogens is 3. The Morgan fingerprint density at radius 1 is 1.07 bits per heavy atom. The molecule has 6 nitrogen and oxygen atoms in total.